The van der Waals surface area contributed by atoms with Gasteiger partial charge in [-0.2, -0.15) is 0 Å². The Labute approximate surface area is 80.9 Å². The highest BCUT2D eigenvalue weighted by Gasteiger charge is 2.00. The van der Waals surface area contributed by atoms with Crippen LogP contribution in [0.1, 0.15) is 0 Å². The van der Waals surface area contributed by atoms with Crippen molar-refractivity contribution >= 4 is 0 Å². The van der Waals surface area contributed by atoms with Crippen LogP contribution in [0.2, 0.25) is 0 Å². The average molecular weight is 187 g/mol. The molecule has 0 unspecified atom stereocenters. The van der Waals surface area contributed by atoms with E-state index in [2.05, 4.69) is 10.1 Å². The number of nitrogens with zero attached hydrogens (tertiary/aromatic N) is 3. The lowest BCUT2D eigenvalue weighted by molar-refractivity contribution is 0.694. The third-order valence-corrected chi connectivity index (χ3v) is 1.89. The highest BCUT2D eigenvalue weighted by Crippen LogP contribution is 2.10. The van der Waals surface area contributed by atoms with Crippen molar-refractivity contribution in [3.8, 4) is 11.4 Å². The molecule has 14 heavy (non-hydrogen) atoms. The molecule has 2 aromatic rings. The van der Waals surface area contributed by atoms with Crippen LogP contribution < -0.4 is 5.56 Å². The van der Waals surface area contributed by atoms with Crippen LogP contribution >= 0.6 is 0 Å². The summed E-state index contributed by atoms with van der Waals surface area (Å²) in [5, 5.41) is 4.04. The van der Waals surface area contributed by atoms with Gasteiger partial charge in [0, 0.05) is 12.6 Å². The SMILES string of the molecule is Cn1nc(-c2ccccc2)ncc1=O. The molecular weight excluding hydrogens is 178 g/mol. The third-order valence-electron chi connectivity index (χ3n) is 1.89. The number of hydrogen-bond acceptors (Lipinski definition) is 3. The minimum absolute atomic E-state index is 0.204. The Kier molecular flexibility index (Phi) is 2.10. The van der Waals surface area contributed by atoms with E-state index >= 15 is 0 Å². The first-order chi connectivity index (χ1) is 6.77. The molecule has 0 aliphatic heterocycles. The molecule has 4 nitrogen and oxygen atoms in total. The molecule has 0 aliphatic carbocycles. The third kappa shape index (κ3) is 1.54. The topological polar surface area (TPSA) is 47.8 Å². The minimum atomic E-state index is -0.204. The van der Waals surface area contributed by atoms with Crippen LogP contribution in [0.15, 0.2) is 41.3 Å². The van der Waals surface area contributed by atoms with Crippen molar-refractivity contribution in [1.82, 2.24) is 14.8 Å². The molecule has 1 aromatic heterocycles. The van der Waals surface area contributed by atoms with Crippen LogP contribution in [0.25, 0.3) is 11.4 Å². The van der Waals surface area contributed by atoms with Gasteiger partial charge in [0.05, 0.1) is 6.20 Å². The van der Waals surface area contributed by atoms with Crippen LogP contribution in [0.3, 0.4) is 0 Å². The van der Waals surface area contributed by atoms with Crippen LogP contribution in [0.4, 0.5) is 0 Å². The quantitative estimate of drug-likeness (QED) is 0.664. The summed E-state index contributed by atoms with van der Waals surface area (Å²) >= 11 is 0. The highest BCUT2D eigenvalue weighted by molar-refractivity contribution is 5.53. The van der Waals surface area contributed by atoms with E-state index in [-0.39, 0.29) is 5.56 Å². The number of aryl methyl sites for hydroxylation is 1. The van der Waals surface area contributed by atoms with E-state index in [1.54, 1.807) is 7.05 Å². The van der Waals surface area contributed by atoms with Crippen molar-refractivity contribution in [2.24, 2.45) is 7.05 Å². The zero-order valence-electron chi connectivity index (χ0n) is 7.71. The Balaban J connectivity index is 2.54. The monoisotopic (exact) mass is 187 g/mol. The normalized spacial score (nSPS) is 10.1. The van der Waals surface area contributed by atoms with Gasteiger partial charge >= 0.3 is 0 Å². The minimum Gasteiger partial charge on any atom is -0.266 e. The molecule has 0 N–H and O–H groups in total. The second-order valence-corrected chi connectivity index (χ2v) is 2.91. The zero-order chi connectivity index (χ0) is 9.97. The molecule has 0 saturated heterocycles. The van der Waals surface area contributed by atoms with Gasteiger partial charge in [-0.3, -0.25) is 4.79 Å². The molecule has 1 aromatic carbocycles. The average Bonchev–Trinajstić information content (AvgIpc) is 2.23. The van der Waals surface area contributed by atoms with Gasteiger partial charge in [0.1, 0.15) is 0 Å². The van der Waals surface area contributed by atoms with Crippen molar-refractivity contribution in [3.05, 3.63) is 46.9 Å². The summed E-state index contributed by atoms with van der Waals surface area (Å²) < 4.78 is 1.27. The Hall–Kier alpha value is -1.97. The van der Waals surface area contributed by atoms with Crippen molar-refractivity contribution in [2.75, 3.05) is 0 Å². The van der Waals surface area contributed by atoms with Crippen molar-refractivity contribution in [1.29, 1.82) is 0 Å². The molecule has 2 rings (SSSR count). The zero-order valence-corrected chi connectivity index (χ0v) is 7.71. The van der Waals surface area contributed by atoms with Gasteiger partial charge in [0.25, 0.3) is 5.56 Å². The predicted molar refractivity (Wildman–Crippen MR) is 52.7 cm³/mol. The van der Waals surface area contributed by atoms with Gasteiger partial charge in [-0.15, -0.1) is 5.10 Å². The maximum Gasteiger partial charge on any atom is 0.284 e. The van der Waals surface area contributed by atoms with Gasteiger partial charge < -0.3 is 0 Å². The Morgan fingerprint density at radius 1 is 1.21 bits per heavy atom. The Morgan fingerprint density at radius 2 is 1.93 bits per heavy atom. The molecule has 0 radical (unpaired) electrons. The van der Waals surface area contributed by atoms with Crippen LogP contribution in [-0.4, -0.2) is 14.8 Å². The van der Waals surface area contributed by atoms with E-state index in [0.717, 1.165) is 5.56 Å². The van der Waals surface area contributed by atoms with Crippen molar-refractivity contribution in [3.63, 3.8) is 0 Å². The summed E-state index contributed by atoms with van der Waals surface area (Å²) in [5.74, 6) is 0.563. The smallest absolute Gasteiger partial charge is 0.266 e. The molecular formula is C10H9N3O. The summed E-state index contributed by atoms with van der Waals surface area (Å²) in [7, 11) is 1.61. The second-order valence-electron chi connectivity index (χ2n) is 2.91. The highest BCUT2D eigenvalue weighted by atomic mass is 16.1. The number of rotatable bonds is 1. The van der Waals surface area contributed by atoms with E-state index < -0.39 is 0 Å². The summed E-state index contributed by atoms with van der Waals surface area (Å²) in [6.45, 7) is 0. The largest absolute Gasteiger partial charge is 0.284 e. The van der Waals surface area contributed by atoms with E-state index in [9.17, 15) is 4.79 Å². The van der Waals surface area contributed by atoms with E-state index in [1.807, 2.05) is 30.3 Å². The fourth-order valence-corrected chi connectivity index (χ4v) is 1.14. The van der Waals surface area contributed by atoms with Gasteiger partial charge in [0.15, 0.2) is 5.82 Å². The van der Waals surface area contributed by atoms with E-state index in [0.29, 0.717) is 5.82 Å². The predicted octanol–water partition coefficient (Wildman–Crippen LogP) is 0.842. The fraction of sp³-hybridized carbons (Fsp3) is 0.100. The van der Waals surface area contributed by atoms with Gasteiger partial charge in [-0.25, -0.2) is 9.67 Å². The lowest BCUT2D eigenvalue weighted by Gasteiger charge is -2.00. The maximum atomic E-state index is 11.0. The second kappa shape index (κ2) is 3.41. The first-order valence-electron chi connectivity index (χ1n) is 4.23. The Bertz CT molecular complexity index is 490. The molecule has 1 heterocycles. The summed E-state index contributed by atoms with van der Waals surface area (Å²) in [6, 6.07) is 9.54. The molecule has 4 heteroatoms. The standard InChI is InChI=1S/C10H9N3O/c1-13-9(14)7-11-10(12-13)8-5-3-2-4-6-8/h2-7H,1H3. The first kappa shape index (κ1) is 8.62. The molecule has 0 amide bonds. The molecule has 70 valence electrons. The summed E-state index contributed by atoms with van der Waals surface area (Å²) in [5.41, 5.74) is 0.702. The maximum absolute atomic E-state index is 11.0. The van der Waals surface area contributed by atoms with E-state index in [1.165, 1.54) is 10.9 Å². The van der Waals surface area contributed by atoms with Crippen molar-refractivity contribution < 1.29 is 0 Å². The molecule has 0 aliphatic rings. The fourth-order valence-electron chi connectivity index (χ4n) is 1.14. The summed E-state index contributed by atoms with van der Waals surface area (Å²) in [6.07, 6.45) is 1.27. The van der Waals surface area contributed by atoms with Gasteiger partial charge in [-0.05, 0) is 0 Å². The van der Waals surface area contributed by atoms with E-state index in [4.69, 9.17) is 0 Å². The van der Waals surface area contributed by atoms with Gasteiger partial charge in [-0.1, -0.05) is 30.3 Å². The number of benzene rings is 1. The van der Waals surface area contributed by atoms with Crippen LogP contribution in [0.5, 0.6) is 0 Å². The lowest BCUT2D eigenvalue weighted by atomic mass is 10.2. The lowest BCUT2D eigenvalue weighted by Crippen LogP contribution is -2.19. The van der Waals surface area contributed by atoms with Crippen molar-refractivity contribution in [2.45, 2.75) is 0 Å². The molecule has 0 spiro atoms. The summed E-state index contributed by atoms with van der Waals surface area (Å²) in [4.78, 5) is 15.0. The molecule has 0 saturated carbocycles. The van der Waals surface area contributed by atoms with Gasteiger partial charge in [0.2, 0.25) is 0 Å². The van der Waals surface area contributed by atoms with Crippen LogP contribution in [-0.2, 0) is 7.05 Å². The Morgan fingerprint density at radius 3 is 2.57 bits per heavy atom. The molecule has 0 atom stereocenters. The number of hydrogen-bond donors (Lipinski definition) is 0. The molecule has 0 fully saturated rings. The first-order valence-corrected chi connectivity index (χ1v) is 4.23. The number of aromatic nitrogens is 3. The molecule has 0 bridgehead atoms. The van der Waals surface area contributed by atoms with Crippen LogP contribution in [0, 0.1) is 0 Å².